The van der Waals surface area contributed by atoms with Crippen molar-refractivity contribution in [3.63, 3.8) is 0 Å². The predicted molar refractivity (Wildman–Crippen MR) is 128 cm³/mol. The van der Waals surface area contributed by atoms with Crippen LogP contribution >= 0.6 is 0 Å². The number of alkyl carbamates (subject to hydrolysis) is 1. The van der Waals surface area contributed by atoms with Crippen LogP contribution in [-0.2, 0) is 26.2 Å². The summed E-state index contributed by atoms with van der Waals surface area (Å²) in [6.45, 7) is 10.8. The summed E-state index contributed by atoms with van der Waals surface area (Å²) >= 11 is 0. The number of benzene rings is 2. The van der Waals surface area contributed by atoms with Gasteiger partial charge in [-0.05, 0) is 50.1 Å². The summed E-state index contributed by atoms with van der Waals surface area (Å²) in [7, 11) is 0. The number of likely N-dealkylation sites (tertiary alicyclic amines) is 1. The smallest absolute Gasteiger partial charge is 0.408 e. The van der Waals surface area contributed by atoms with Crippen molar-refractivity contribution in [2.75, 3.05) is 11.9 Å². The van der Waals surface area contributed by atoms with Crippen molar-refractivity contribution in [1.82, 2.24) is 10.2 Å². The van der Waals surface area contributed by atoms with E-state index in [4.69, 9.17) is 11.3 Å². The van der Waals surface area contributed by atoms with Gasteiger partial charge in [0, 0.05) is 18.7 Å². The zero-order chi connectivity index (χ0) is 25.4. The third-order valence-corrected chi connectivity index (χ3v) is 6.23. The average Bonchev–Trinajstić information content (AvgIpc) is 3.30. The van der Waals surface area contributed by atoms with Gasteiger partial charge in [-0.2, -0.15) is 0 Å². The van der Waals surface area contributed by atoms with E-state index in [1.165, 1.54) is 23.1 Å². The minimum Gasteiger partial charge on any atom is -0.444 e. The highest BCUT2D eigenvalue weighted by Gasteiger charge is 2.60. The van der Waals surface area contributed by atoms with Crippen LogP contribution in [0, 0.1) is 12.4 Å². The first-order chi connectivity index (χ1) is 16.5. The molecule has 0 aromatic heterocycles. The Bertz CT molecular complexity index is 1220. The molecule has 182 valence electrons. The fourth-order valence-electron chi connectivity index (χ4n) is 4.72. The van der Waals surface area contributed by atoms with Gasteiger partial charge in [-0.15, -0.1) is 0 Å². The Labute approximate surface area is 203 Å². The highest BCUT2D eigenvalue weighted by atomic mass is 19.1. The molecule has 0 aliphatic carbocycles. The molecule has 3 amide bonds. The lowest BCUT2D eigenvalue weighted by Gasteiger charge is -2.27. The van der Waals surface area contributed by atoms with Gasteiger partial charge in [0.2, 0.25) is 5.91 Å². The maximum Gasteiger partial charge on any atom is 0.408 e. The molecule has 2 N–H and O–H groups in total. The number of halogens is 1. The number of carbonyl (C=O) groups excluding carboxylic acids is 3. The van der Waals surface area contributed by atoms with Gasteiger partial charge in [0.25, 0.3) is 12.5 Å². The number of fused-ring (bicyclic) bond motifs is 2. The van der Waals surface area contributed by atoms with Gasteiger partial charge < -0.3 is 15.4 Å². The number of nitrogens with one attached hydrogen (secondary N) is 2. The second-order valence-electron chi connectivity index (χ2n) is 9.91. The topological polar surface area (TPSA) is 92.1 Å². The molecule has 3 atom stereocenters. The van der Waals surface area contributed by atoms with Crippen LogP contribution < -0.4 is 10.6 Å². The molecule has 1 spiro atoms. The molecule has 0 unspecified atom stereocenters. The van der Waals surface area contributed by atoms with E-state index in [9.17, 15) is 18.8 Å². The van der Waals surface area contributed by atoms with Crippen LogP contribution in [0.4, 0.5) is 14.9 Å². The summed E-state index contributed by atoms with van der Waals surface area (Å²) in [5.41, 5.74) is 0.185. The third kappa shape index (κ3) is 4.83. The van der Waals surface area contributed by atoms with Crippen LogP contribution in [-0.4, -0.2) is 47.2 Å². The van der Waals surface area contributed by atoms with Crippen molar-refractivity contribution in [3.05, 3.63) is 70.3 Å². The minimum atomic E-state index is -1.09. The minimum absolute atomic E-state index is 0.0133. The second-order valence-corrected chi connectivity index (χ2v) is 9.91. The fraction of sp³-hybridized carbons (Fsp3) is 0.385. The van der Waals surface area contributed by atoms with Gasteiger partial charge >= 0.3 is 12.3 Å². The quantitative estimate of drug-likeness (QED) is 0.700. The number of carbonyl (C=O) groups is 3. The number of rotatable bonds is 4. The first-order valence-corrected chi connectivity index (χ1v) is 11.4. The second kappa shape index (κ2) is 9.02. The first-order valence-electron chi connectivity index (χ1n) is 11.4. The van der Waals surface area contributed by atoms with E-state index in [1.54, 1.807) is 32.9 Å². The van der Waals surface area contributed by atoms with Crippen molar-refractivity contribution in [3.8, 4) is 6.57 Å². The maximum atomic E-state index is 13.8. The molecule has 0 radical (unpaired) electrons. The molecule has 2 aliphatic rings. The lowest BCUT2D eigenvalue weighted by Crippen LogP contribution is -2.52. The van der Waals surface area contributed by atoms with E-state index in [0.29, 0.717) is 11.3 Å². The van der Waals surface area contributed by atoms with Crippen LogP contribution in [0.3, 0.4) is 0 Å². The van der Waals surface area contributed by atoms with Crippen molar-refractivity contribution in [2.24, 2.45) is 0 Å². The largest absolute Gasteiger partial charge is 0.444 e. The van der Waals surface area contributed by atoms with Gasteiger partial charge in [-0.25, -0.2) is 9.18 Å². The molecular weight excluding hydrogens is 451 g/mol. The highest BCUT2D eigenvalue weighted by molar-refractivity contribution is 6.07. The summed E-state index contributed by atoms with van der Waals surface area (Å²) in [5, 5.41) is 5.49. The number of para-hydroxylation sites is 1. The van der Waals surface area contributed by atoms with Crippen molar-refractivity contribution < 1.29 is 23.5 Å². The van der Waals surface area contributed by atoms with Crippen LogP contribution in [0.2, 0.25) is 0 Å². The van der Waals surface area contributed by atoms with Gasteiger partial charge in [0.1, 0.15) is 22.9 Å². The SMILES string of the molecule is C#[N+][C@@H]1C[C@@]2(CN1C(=O)[C@H](Cc1cccc(F)c1)NC(=O)OC(C)(C)C)C(=O)Nc1ccccc12. The lowest BCUT2D eigenvalue weighted by molar-refractivity contribution is -0.134. The number of anilines is 1. The summed E-state index contributed by atoms with van der Waals surface area (Å²) in [5.74, 6) is -1.18. The predicted octanol–water partition coefficient (Wildman–Crippen LogP) is 3.67. The first kappa shape index (κ1) is 24.2. The Morgan fingerprint density at radius 2 is 2.03 bits per heavy atom. The van der Waals surface area contributed by atoms with E-state index in [1.807, 2.05) is 18.2 Å². The van der Waals surface area contributed by atoms with Gasteiger partial charge in [0.15, 0.2) is 0 Å². The molecule has 0 bridgehead atoms. The summed E-state index contributed by atoms with van der Waals surface area (Å²) in [6.07, 6.45) is -1.35. The Balaban J connectivity index is 1.64. The number of hydrogen-bond donors (Lipinski definition) is 2. The molecule has 1 fully saturated rings. The monoisotopic (exact) mass is 479 g/mol. The number of amides is 3. The molecule has 2 aromatic rings. The summed E-state index contributed by atoms with van der Waals surface area (Å²) < 4.78 is 19.2. The summed E-state index contributed by atoms with van der Waals surface area (Å²) in [4.78, 5) is 44.7. The molecule has 1 saturated heterocycles. The average molecular weight is 480 g/mol. The van der Waals surface area contributed by atoms with Crippen LogP contribution in [0.15, 0.2) is 48.5 Å². The molecule has 9 heteroatoms. The zero-order valence-electron chi connectivity index (χ0n) is 19.9. The zero-order valence-corrected chi connectivity index (χ0v) is 19.9. The Morgan fingerprint density at radius 3 is 2.71 bits per heavy atom. The van der Waals surface area contributed by atoms with Crippen LogP contribution in [0.5, 0.6) is 0 Å². The van der Waals surface area contributed by atoms with E-state index in [2.05, 4.69) is 15.5 Å². The number of hydrogen-bond acceptors (Lipinski definition) is 4. The van der Waals surface area contributed by atoms with E-state index in [0.717, 1.165) is 5.56 Å². The molecular formula is C26H28FN4O4+. The Hall–Kier alpha value is -3.93. The van der Waals surface area contributed by atoms with Gasteiger partial charge in [0.05, 0.1) is 6.42 Å². The number of ether oxygens (including phenoxy) is 1. The van der Waals surface area contributed by atoms with E-state index >= 15 is 0 Å². The normalized spacial score (nSPS) is 21.7. The van der Waals surface area contributed by atoms with Crippen LogP contribution in [0.25, 0.3) is 4.85 Å². The third-order valence-electron chi connectivity index (χ3n) is 6.23. The molecule has 2 aromatic carbocycles. The highest BCUT2D eigenvalue weighted by Crippen LogP contribution is 2.46. The molecule has 35 heavy (non-hydrogen) atoms. The van der Waals surface area contributed by atoms with E-state index < -0.39 is 41.0 Å². The lowest BCUT2D eigenvalue weighted by atomic mass is 9.80. The fourth-order valence-corrected chi connectivity index (χ4v) is 4.72. The standard InChI is InChI=1S/C26H27FN4O4/c1-25(2,3)35-24(34)30-20(13-16-8-7-9-17(27)12-16)22(32)31-15-26(14-21(31)28-4)18-10-5-6-11-19(18)29-23(26)33/h4-12,20-21H,13-15H2,1-3H3,(H-,29,30,33,34)/p+1/t20-,21-,26-/m0/s1. The molecule has 0 saturated carbocycles. The van der Waals surface area contributed by atoms with Crippen molar-refractivity contribution in [2.45, 2.75) is 56.8 Å². The van der Waals surface area contributed by atoms with Gasteiger partial charge in [-0.3, -0.25) is 14.5 Å². The van der Waals surface area contributed by atoms with Crippen LogP contribution in [0.1, 0.15) is 38.3 Å². The maximum absolute atomic E-state index is 13.8. The van der Waals surface area contributed by atoms with E-state index in [-0.39, 0.29) is 25.3 Å². The molecule has 2 aliphatic heterocycles. The van der Waals surface area contributed by atoms with Crippen molar-refractivity contribution in [1.29, 1.82) is 0 Å². The molecule has 8 nitrogen and oxygen atoms in total. The number of nitrogens with zero attached hydrogens (tertiary/aromatic N) is 2. The molecule has 2 heterocycles. The molecule has 4 rings (SSSR count). The summed E-state index contributed by atoms with van der Waals surface area (Å²) in [6, 6.07) is 12.0. The Kier molecular flexibility index (Phi) is 6.24. The Morgan fingerprint density at radius 1 is 1.29 bits per heavy atom. The van der Waals surface area contributed by atoms with Gasteiger partial charge in [-0.1, -0.05) is 35.2 Å². The van der Waals surface area contributed by atoms with Crippen molar-refractivity contribution >= 4 is 23.6 Å².